The van der Waals surface area contributed by atoms with Crippen molar-refractivity contribution < 1.29 is 22.8 Å². The van der Waals surface area contributed by atoms with E-state index in [1.807, 2.05) is 0 Å². The van der Waals surface area contributed by atoms with E-state index in [9.17, 15) is 22.8 Å². The molecule has 3 rings (SSSR count). The maximum Gasteiger partial charge on any atom is 0.417 e. The molecule has 31 heavy (non-hydrogen) atoms. The van der Waals surface area contributed by atoms with Gasteiger partial charge in [0.25, 0.3) is 5.91 Å². The molecule has 0 unspecified atom stereocenters. The third-order valence-electron chi connectivity index (χ3n) is 4.92. The molecule has 4 nitrogen and oxygen atoms in total. The van der Waals surface area contributed by atoms with Gasteiger partial charge in [0.1, 0.15) is 0 Å². The number of ketones is 1. The van der Waals surface area contributed by atoms with E-state index in [0.717, 1.165) is 6.07 Å². The fourth-order valence-electron chi connectivity index (χ4n) is 3.30. The maximum atomic E-state index is 13.6. The Labute approximate surface area is 178 Å². The fraction of sp³-hybridized carbons (Fsp3) is 0.167. The lowest BCUT2D eigenvalue weighted by molar-refractivity contribution is -0.137. The molecule has 0 spiro atoms. The zero-order chi connectivity index (χ0) is 22.8. The molecule has 3 aromatic rings. The highest BCUT2D eigenvalue weighted by Gasteiger charge is 2.34. The van der Waals surface area contributed by atoms with Gasteiger partial charge in [-0.25, -0.2) is 0 Å². The van der Waals surface area contributed by atoms with Gasteiger partial charge in [0.2, 0.25) is 0 Å². The number of alkyl halides is 3. The van der Waals surface area contributed by atoms with Crippen LogP contribution in [0.15, 0.2) is 60.7 Å². The first kappa shape index (κ1) is 22.1. The number of anilines is 2. The van der Waals surface area contributed by atoms with Crippen LogP contribution in [0.25, 0.3) is 11.1 Å². The van der Waals surface area contributed by atoms with Crippen LogP contribution < -0.4 is 10.6 Å². The first-order valence-electron chi connectivity index (χ1n) is 9.52. The number of hydrogen-bond donors (Lipinski definition) is 2. The van der Waals surface area contributed by atoms with Gasteiger partial charge >= 0.3 is 6.18 Å². The van der Waals surface area contributed by atoms with E-state index in [1.165, 1.54) is 19.1 Å². The minimum absolute atomic E-state index is 0.0658. The second kappa shape index (κ2) is 8.63. The number of amides is 1. The zero-order valence-corrected chi connectivity index (χ0v) is 17.2. The average Bonchev–Trinajstić information content (AvgIpc) is 2.73. The summed E-state index contributed by atoms with van der Waals surface area (Å²) in [4.78, 5) is 24.1. The van der Waals surface area contributed by atoms with Crippen molar-refractivity contribution in [2.24, 2.45) is 0 Å². The molecule has 160 valence electrons. The molecule has 0 radical (unpaired) electrons. The van der Waals surface area contributed by atoms with Crippen LogP contribution in [0.4, 0.5) is 24.5 Å². The van der Waals surface area contributed by atoms with Crippen molar-refractivity contribution >= 4 is 23.1 Å². The molecule has 0 saturated heterocycles. The Bertz CT molecular complexity index is 1150. The highest BCUT2D eigenvalue weighted by atomic mass is 19.4. The summed E-state index contributed by atoms with van der Waals surface area (Å²) in [5.41, 5.74) is 1.88. The van der Waals surface area contributed by atoms with Crippen LogP contribution in [-0.2, 0) is 6.18 Å². The third-order valence-corrected chi connectivity index (χ3v) is 4.92. The molecule has 0 fully saturated rings. The molecule has 1 amide bonds. The first-order valence-corrected chi connectivity index (χ1v) is 9.52. The van der Waals surface area contributed by atoms with E-state index < -0.39 is 17.6 Å². The molecule has 0 aliphatic carbocycles. The summed E-state index contributed by atoms with van der Waals surface area (Å²) in [5.74, 6) is -0.566. The lowest BCUT2D eigenvalue weighted by atomic mass is 9.94. The van der Waals surface area contributed by atoms with Crippen LogP contribution in [-0.4, -0.2) is 18.7 Å². The fourth-order valence-corrected chi connectivity index (χ4v) is 3.30. The Morgan fingerprint density at radius 3 is 2.10 bits per heavy atom. The van der Waals surface area contributed by atoms with Crippen LogP contribution >= 0.6 is 0 Å². The van der Waals surface area contributed by atoms with Gasteiger partial charge in [-0.2, -0.15) is 13.2 Å². The molecular weight excluding hydrogens is 405 g/mol. The van der Waals surface area contributed by atoms with Gasteiger partial charge in [-0.15, -0.1) is 0 Å². The van der Waals surface area contributed by atoms with Gasteiger partial charge < -0.3 is 10.6 Å². The first-order chi connectivity index (χ1) is 14.6. The molecule has 0 aliphatic rings. The van der Waals surface area contributed by atoms with E-state index in [4.69, 9.17) is 0 Å². The van der Waals surface area contributed by atoms with E-state index in [-0.39, 0.29) is 11.3 Å². The van der Waals surface area contributed by atoms with Crippen LogP contribution in [0.3, 0.4) is 0 Å². The predicted molar refractivity (Wildman–Crippen MR) is 116 cm³/mol. The Balaban J connectivity index is 1.92. The largest absolute Gasteiger partial charge is 0.417 e. The van der Waals surface area contributed by atoms with E-state index in [0.29, 0.717) is 33.6 Å². The van der Waals surface area contributed by atoms with Crippen molar-refractivity contribution in [3.8, 4) is 11.1 Å². The second-order valence-electron chi connectivity index (χ2n) is 7.13. The number of nitrogens with one attached hydrogen (secondary N) is 2. The Morgan fingerprint density at radius 1 is 0.839 bits per heavy atom. The Hall–Kier alpha value is -3.61. The van der Waals surface area contributed by atoms with E-state index >= 15 is 0 Å². The Morgan fingerprint density at radius 2 is 1.48 bits per heavy atom. The minimum Gasteiger partial charge on any atom is -0.388 e. The van der Waals surface area contributed by atoms with Gasteiger partial charge in [-0.05, 0) is 66.9 Å². The highest BCUT2D eigenvalue weighted by molar-refractivity contribution is 6.06. The average molecular weight is 426 g/mol. The van der Waals surface area contributed by atoms with Crippen molar-refractivity contribution in [1.82, 2.24) is 0 Å². The van der Waals surface area contributed by atoms with Crippen molar-refractivity contribution in [3.63, 3.8) is 0 Å². The molecule has 7 heteroatoms. The van der Waals surface area contributed by atoms with Gasteiger partial charge in [0, 0.05) is 29.5 Å². The smallest absolute Gasteiger partial charge is 0.388 e. The maximum absolute atomic E-state index is 13.6. The van der Waals surface area contributed by atoms with Gasteiger partial charge in [-0.3, -0.25) is 9.59 Å². The van der Waals surface area contributed by atoms with Crippen molar-refractivity contribution in [2.45, 2.75) is 20.0 Å². The molecule has 0 atom stereocenters. The number of aryl methyl sites for hydroxylation is 1. The summed E-state index contributed by atoms with van der Waals surface area (Å²) in [5, 5.41) is 5.45. The lowest BCUT2D eigenvalue weighted by Gasteiger charge is -2.17. The topological polar surface area (TPSA) is 58.2 Å². The number of benzene rings is 3. The number of halogens is 3. The van der Waals surface area contributed by atoms with Gasteiger partial charge in [0.15, 0.2) is 5.78 Å². The summed E-state index contributed by atoms with van der Waals surface area (Å²) >= 11 is 0. The number of Topliss-reactive ketones (excluding diaryl/α,β-unsaturated/α-hetero) is 1. The molecule has 0 saturated carbocycles. The van der Waals surface area contributed by atoms with E-state index in [1.54, 1.807) is 56.4 Å². The molecule has 0 bridgehead atoms. The number of rotatable bonds is 5. The Kier molecular flexibility index (Phi) is 6.15. The van der Waals surface area contributed by atoms with Crippen LogP contribution in [0, 0.1) is 6.92 Å². The van der Waals surface area contributed by atoms with Crippen LogP contribution in [0.1, 0.15) is 38.8 Å². The molecule has 0 heterocycles. The summed E-state index contributed by atoms with van der Waals surface area (Å²) in [7, 11) is 1.56. The van der Waals surface area contributed by atoms with Crippen LogP contribution in [0.2, 0.25) is 0 Å². The number of carbonyl (C=O) groups is 2. The second-order valence-corrected chi connectivity index (χ2v) is 7.13. The molecule has 3 aromatic carbocycles. The van der Waals surface area contributed by atoms with Gasteiger partial charge in [0.05, 0.1) is 5.56 Å². The van der Waals surface area contributed by atoms with Gasteiger partial charge in [-0.1, -0.05) is 24.3 Å². The monoisotopic (exact) mass is 426 g/mol. The van der Waals surface area contributed by atoms with Crippen molar-refractivity contribution in [3.05, 3.63) is 82.9 Å². The van der Waals surface area contributed by atoms with Crippen molar-refractivity contribution in [1.29, 1.82) is 0 Å². The molecular formula is C24H21F3N2O2. The third kappa shape index (κ3) is 4.94. The zero-order valence-electron chi connectivity index (χ0n) is 17.2. The van der Waals surface area contributed by atoms with Crippen LogP contribution in [0.5, 0.6) is 0 Å². The van der Waals surface area contributed by atoms with Crippen molar-refractivity contribution in [2.75, 3.05) is 17.7 Å². The summed E-state index contributed by atoms with van der Waals surface area (Å²) < 4.78 is 40.8. The minimum atomic E-state index is -4.51. The molecule has 0 aliphatic heterocycles. The summed E-state index contributed by atoms with van der Waals surface area (Å²) in [6, 6.07) is 15.1. The standard InChI is InChI=1S/C24H21F3N2O2/c1-14-11-19(29-23(31)17-6-4-5-16(12-17)15(2)30)8-9-20(14)21-10-7-18(28-3)13-22(21)24(25,26)27/h4-13,28H,1-3H3,(H,29,31). The lowest BCUT2D eigenvalue weighted by Crippen LogP contribution is -2.13. The number of carbonyl (C=O) groups excluding carboxylic acids is 2. The summed E-state index contributed by atoms with van der Waals surface area (Å²) in [6.07, 6.45) is -4.51. The predicted octanol–water partition coefficient (Wildman–Crippen LogP) is 6.18. The highest BCUT2D eigenvalue weighted by Crippen LogP contribution is 2.40. The molecule has 0 aromatic heterocycles. The normalized spacial score (nSPS) is 11.2. The summed E-state index contributed by atoms with van der Waals surface area (Å²) in [6.45, 7) is 3.10. The quantitative estimate of drug-likeness (QED) is 0.479. The van der Waals surface area contributed by atoms with E-state index in [2.05, 4.69) is 10.6 Å². The number of hydrogen-bond acceptors (Lipinski definition) is 3. The SMILES string of the molecule is CNc1ccc(-c2ccc(NC(=O)c3cccc(C(C)=O)c3)cc2C)c(C(F)(F)F)c1. The molecule has 2 N–H and O–H groups in total.